The van der Waals surface area contributed by atoms with Crippen LogP contribution < -0.4 is 5.56 Å². The third kappa shape index (κ3) is 2.60. The Hall–Kier alpha value is -2.97. The maximum atomic E-state index is 12.5. The van der Waals surface area contributed by atoms with Crippen molar-refractivity contribution in [3.05, 3.63) is 70.0 Å². The van der Waals surface area contributed by atoms with Crippen molar-refractivity contribution >= 4 is 10.9 Å². The van der Waals surface area contributed by atoms with E-state index < -0.39 is 0 Å². The normalized spacial score (nSPS) is 13.2. The molecular weight excluding hydrogens is 290 g/mol. The van der Waals surface area contributed by atoms with Gasteiger partial charge in [-0.3, -0.25) is 9.36 Å². The zero-order chi connectivity index (χ0) is 15.6. The minimum absolute atomic E-state index is 0.0162. The molecule has 2 aromatic heterocycles. The van der Waals surface area contributed by atoms with Crippen molar-refractivity contribution in [2.45, 2.75) is 13.2 Å². The van der Waals surface area contributed by atoms with E-state index in [-0.39, 0.29) is 5.56 Å². The van der Waals surface area contributed by atoms with Gasteiger partial charge in [0.15, 0.2) is 0 Å². The first-order valence-electron chi connectivity index (χ1n) is 7.35. The molecule has 0 bridgehead atoms. The zero-order valence-electron chi connectivity index (χ0n) is 12.3. The molecule has 112 valence electrons. The SMILES string of the molecule is O=c1c2ccc(C#Cc3ccccn3)cc2nc2n1CCOC2. The Kier molecular flexibility index (Phi) is 3.37. The van der Waals surface area contributed by atoms with E-state index in [2.05, 4.69) is 21.8 Å². The molecule has 0 amide bonds. The van der Waals surface area contributed by atoms with Crippen molar-refractivity contribution in [3.63, 3.8) is 0 Å². The zero-order valence-corrected chi connectivity index (χ0v) is 12.3. The van der Waals surface area contributed by atoms with E-state index in [0.29, 0.717) is 42.2 Å². The highest BCUT2D eigenvalue weighted by molar-refractivity contribution is 5.79. The van der Waals surface area contributed by atoms with Crippen LogP contribution in [-0.2, 0) is 17.9 Å². The van der Waals surface area contributed by atoms with Crippen LogP contribution in [0.2, 0.25) is 0 Å². The molecule has 0 atom stereocenters. The van der Waals surface area contributed by atoms with E-state index in [4.69, 9.17) is 4.74 Å². The first-order valence-corrected chi connectivity index (χ1v) is 7.35. The van der Waals surface area contributed by atoms with Crippen LogP contribution in [0.4, 0.5) is 0 Å². The van der Waals surface area contributed by atoms with Gasteiger partial charge < -0.3 is 4.74 Å². The number of rotatable bonds is 0. The Labute approximate surface area is 132 Å². The monoisotopic (exact) mass is 303 g/mol. The summed E-state index contributed by atoms with van der Waals surface area (Å²) < 4.78 is 7.06. The van der Waals surface area contributed by atoms with Crippen molar-refractivity contribution in [1.29, 1.82) is 0 Å². The van der Waals surface area contributed by atoms with Crippen LogP contribution in [0.25, 0.3) is 10.9 Å². The summed E-state index contributed by atoms with van der Waals surface area (Å²) in [6.07, 6.45) is 1.71. The minimum atomic E-state index is -0.0162. The maximum Gasteiger partial charge on any atom is 0.261 e. The fraction of sp³-hybridized carbons (Fsp3) is 0.167. The summed E-state index contributed by atoms with van der Waals surface area (Å²) in [7, 11) is 0. The Morgan fingerprint density at radius 2 is 2.13 bits per heavy atom. The Balaban J connectivity index is 1.80. The highest BCUT2D eigenvalue weighted by atomic mass is 16.5. The lowest BCUT2D eigenvalue weighted by Crippen LogP contribution is -2.31. The third-order valence-corrected chi connectivity index (χ3v) is 3.72. The van der Waals surface area contributed by atoms with Crippen molar-refractivity contribution in [2.24, 2.45) is 0 Å². The molecule has 1 aliphatic heterocycles. The molecule has 0 unspecified atom stereocenters. The lowest BCUT2D eigenvalue weighted by atomic mass is 10.1. The summed E-state index contributed by atoms with van der Waals surface area (Å²) in [6.45, 7) is 1.47. The lowest BCUT2D eigenvalue weighted by molar-refractivity contribution is 0.0788. The van der Waals surface area contributed by atoms with Crippen LogP contribution >= 0.6 is 0 Å². The molecule has 23 heavy (non-hydrogen) atoms. The van der Waals surface area contributed by atoms with Crippen molar-refractivity contribution in [1.82, 2.24) is 14.5 Å². The van der Waals surface area contributed by atoms with Crippen molar-refractivity contribution < 1.29 is 4.74 Å². The number of aromatic nitrogens is 3. The van der Waals surface area contributed by atoms with Crippen LogP contribution in [0.3, 0.4) is 0 Å². The highest BCUT2D eigenvalue weighted by Crippen LogP contribution is 2.13. The molecule has 1 aromatic carbocycles. The molecular formula is C18H13N3O2. The molecule has 5 nitrogen and oxygen atoms in total. The van der Waals surface area contributed by atoms with Gasteiger partial charge in [0.2, 0.25) is 0 Å². The summed E-state index contributed by atoms with van der Waals surface area (Å²) in [5, 5.41) is 0.610. The van der Waals surface area contributed by atoms with Crippen molar-refractivity contribution in [2.75, 3.05) is 6.61 Å². The van der Waals surface area contributed by atoms with Gasteiger partial charge in [-0.2, -0.15) is 0 Å². The number of ether oxygens (including phenoxy) is 1. The highest BCUT2D eigenvalue weighted by Gasteiger charge is 2.14. The molecule has 3 heterocycles. The standard InChI is InChI=1S/C18H13N3O2/c22-18-15-7-5-13(4-6-14-3-1-2-8-19-14)11-16(15)20-17-12-23-10-9-21(17)18/h1-3,5,7-8,11H,9-10,12H2. The largest absolute Gasteiger partial charge is 0.372 e. The first kappa shape index (κ1) is 13.7. The number of hydrogen-bond donors (Lipinski definition) is 0. The van der Waals surface area contributed by atoms with Gasteiger partial charge in [-0.05, 0) is 36.3 Å². The predicted octanol–water partition coefficient (Wildman–Crippen LogP) is 1.72. The Morgan fingerprint density at radius 3 is 3.00 bits per heavy atom. The van der Waals surface area contributed by atoms with Crippen LogP contribution in [0, 0.1) is 11.8 Å². The quantitative estimate of drug-likeness (QED) is 0.593. The van der Waals surface area contributed by atoms with Crippen LogP contribution in [0.1, 0.15) is 17.1 Å². The fourth-order valence-corrected chi connectivity index (χ4v) is 2.58. The van der Waals surface area contributed by atoms with E-state index in [9.17, 15) is 4.79 Å². The second-order valence-electron chi connectivity index (χ2n) is 5.23. The van der Waals surface area contributed by atoms with E-state index in [1.165, 1.54) is 0 Å². The van der Waals surface area contributed by atoms with E-state index in [0.717, 1.165) is 5.56 Å². The van der Waals surface area contributed by atoms with Crippen LogP contribution in [-0.4, -0.2) is 21.1 Å². The summed E-state index contributed by atoms with van der Waals surface area (Å²) in [6, 6.07) is 11.1. The Morgan fingerprint density at radius 1 is 1.17 bits per heavy atom. The van der Waals surface area contributed by atoms with Crippen LogP contribution in [0.15, 0.2) is 47.4 Å². The summed E-state index contributed by atoms with van der Waals surface area (Å²) in [5.41, 5.74) is 2.15. The van der Waals surface area contributed by atoms with Gasteiger partial charge in [-0.25, -0.2) is 9.97 Å². The summed E-state index contributed by atoms with van der Waals surface area (Å²) >= 11 is 0. The van der Waals surface area contributed by atoms with E-state index in [1.54, 1.807) is 16.8 Å². The number of nitrogens with zero attached hydrogens (tertiary/aromatic N) is 3. The first-order chi connectivity index (χ1) is 11.3. The van der Waals surface area contributed by atoms with E-state index >= 15 is 0 Å². The average Bonchev–Trinajstić information content (AvgIpc) is 2.61. The van der Waals surface area contributed by atoms with Gasteiger partial charge in [0.25, 0.3) is 5.56 Å². The molecule has 0 aliphatic carbocycles. The van der Waals surface area contributed by atoms with E-state index in [1.807, 2.05) is 30.3 Å². The Bertz CT molecular complexity index is 998. The predicted molar refractivity (Wildman–Crippen MR) is 85.9 cm³/mol. The van der Waals surface area contributed by atoms with Gasteiger partial charge in [0.1, 0.15) is 18.1 Å². The number of hydrogen-bond acceptors (Lipinski definition) is 4. The molecule has 0 N–H and O–H groups in total. The fourth-order valence-electron chi connectivity index (χ4n) is 2.58. The second kappa shape index (κ2) is 5.67. The van der Waals surface area contributed by atoms with Gasteiger partial charge in [-0.15, -0.1) is 0 Å². The molecule has 0 spiro atoms. The minimum Gasteiger partial charge on any atom is -0.372 e. The molecule has 0 saturated heterocycles. The van der Waals surface area contributed by atoms with Crippen molar-refractivity contribution in [3.8, 4) is 11.8 Å². The number of benzene rings is 1. The number of fused-ring (bicyclic) bond motifs is 2. The smallest absolute Gasteiger partial charge is 0.261 e. The molecule has 0 radical (unpaired) electrons. The lowest BCUT2D eigenvalue weighted by Gasteiger charge is -2.18. The average molecular weight is 303 g/mol. The number of pyridine rings is 1. The molecule has 4 rings (SSSR count). The van der Waals surface area contributed by atoms with Gasteiger partial charge >= 0.3 is 0 Å². The van der Waals surface area contributed by atoms with Gasteiger partial charge in [-0.1, -0.05) is 12.0 Å². The molecule has 3 aromatic rings. The third-order valence-electron chi connectivity index (χ3n) is 3.72. The topological polar surface area (TPSA) is 57.0 Å². The van der Waals surface area contributed by atoms with Gasteiger partial charge in [0.05, 0.1) is 24.1 Å². The maximum absolute atomic E-state index is 12.5. The molecule has 5 heteroatoms. The summed E-state index contributed by atoms with van der Waals surface area (Å²) in [5.74, 6) is 6.74. The van der Waals surface area contributed by atoms with Gasteiger partial charge in [0, 0.05) is 11.8 Å². The van der Waals surface area contributed by atoms with Crippen LogP contribution in [0.5, 0.6) is 0 Å². The second-order valence-corrected chi connectivity index (χ2v) is 5.23. The molecule has 0 saturated carbocycles. The molecule has 0 fully saturated rings. The summed E-state index contributed by atoms with van der Waals surface area (Å²) in [4.78, 5) is 21.2. The molecule has 1 aliphatic rings.